The second-order valence-electron chi connectivity index (χ2n) is 10.2. The van der Waals surface area contributed by atoms with Crippen molar-refractivity contribution in [2.24, 2.45) is 11.7 Å². The number of aldehydes is 1. The highest BCUT2D eigenvalue weighted by atomic mass is 16.5. The lowest BCUT2D eigenvalue weighted by atomic mass is 10.0. The van der Waals surface area contributed by atoms with Crippen molar-refractivity contribution in [1.29, 1.82) is 0 Å². The second-order valence-corrected chi connectivity index (χ2v) is 10.2. The van der Waals surface area contributed by atoms with E-state index in [1.165, 1.54) is 17.9 Å². The maximum Gasteiger partial charge on any atom is 0.312 e. The molecule has 0 radical (unpaired) electrons. The number of nitrogens with two attached hydrogens (primary N) is 1. The number of primary amides is 1. The van der Waals surface area contributed by atoms with Crippen molar-refractivity contribution in [3.8, 4) is 0 Å². The highest BCUT2D eigenvalue weighted by Crippen LogP contribution is 2.12. The van der Waals surface area contributed by atoms with Crippen LogP contribution in [0.25, 0.3) is 0 Å². The zero-order valence-corrected chi connectivity index (χ0v) is 29.9. The van der Waals surface area contributed by atoms with Gasteiger partial charge in [0.2, 0.25) is 24.6 Å². The molecule has 0 aliphatic carbocycles. The van der Waals surface area contributed by atoms with E-state index in [2.05, 4.69) is 28.2 Å². The number of benzene rings is 1. The van der Waals surface area contributed by atoms with Crippen LogP contribution in [0, 0.1) is 5.92 Å². The fourth-order valence-electron chi connectivity index (χ4n) is 3.76. The lowest BCUT2D eigenvalue weighted by molar-refractivity contribution is -0.134. The van der Waals surface area contributed by atoms with Gasteiger partial charge in [-0.25, -0.2) is 4.79 Å². The van der Waals surface area contributed by atoms with Crippen LogP contribution in [0.1, 0.15) is 86.1 Å². The third kappa shape index (κ3) is 24.6. The van der Waals surface area contributed by atoms with Gasteiger partial charge in [-0.1, -0.05) is 65.7 Å². The van der Waals surface area contributed by atoms with Crippen molar-refractivity contribution in [2.75, 3.05) is 25.5 Å². The van der Waals surface area contributed by atoms with Crippen LogP contribution in [0.4, 0.5) is 10.5 Å². The third-order valence-electron chi connectivity index (χ3n) is 6.05. The summed E-state index contributed by atoms with van der Waals surface area (Å²) in [7, 11) is 1.60. The molecule has 0 saturated carbocycles. The van der Waals surface area contributed by atoms with E-state index in [4.69, 9.17) is 15.3 Å². The minimum absolute atomic E-state index is 0.163. The predicted octanol–water partition coefficient (Wildman–Crippen LogP) is 3.44. The van der Waals surface area contributed by atoms with E-state index >= 15 is 0 Å². The number of ether oxygens (including phenoxy) is 1. The molecule has 0 aliphatic heterocycles. The number of nitrogens with one attached hydrogen (secondary N) is 4. The Bertz CT molecular complexity index is 1080. The second kappa shape index (κ2) is 32.4. The van der Waals surface area contributed by atoms with Gasteiger partial charge < -0.3 is 36.5 Å². The molecule has 14 nitrogen and oxygen atoms in total. The number of unbranched alkanes of at least 4 members (excludes halogenated alkanes) is 2. The van der Waals surface area contributed by atoms with Gasteiger partial charge in [0.25, 0.3) is 5.91 Å². The number of hydrogen-bond acceptors (Lipinski definition) is 8. The van der Waals surface area contributed by atoms with Gasteiger partial charge in [-0.05, 0) is 62.8 Å². The van der Waals surface area contributed by atoms with Crippen LogP contribution in [0.3, 0.4) is 0 Å². The van der Waals surface area contributed by atoms with Gasteiger partial charge in [0.1, 0.15) is 18.4 Å². The first kappa shape index (κ1) is 47.8. The van der Waals surface area contributed by atoms with Crippen LogP contribution in [0.5, 0.6) is 0 Å². The molecule has 6 N–H and O–H groups in total. The summed E-state index contributed by atoms with van der Waals surface area (Å²) >= 11 is 0. The Balaban J connectivity index is -0.000000934. The molecule has 2 atom stereocenters. The Labute approximate surface area is 286 Å². The summed E-state index contributed by atoms with van der Waals surface area (Å²) < 4.78 is 5.06. The molecule has 0 aliphatic rings. The molecule has 0 saturated heterocycles. The molecule has 272 valence electrons. The lowest BCUT2D eigenvalue weighted by Crippen LogP contribution is -2.53. The Morgan fingerprint density at radius 1 is 0.958 bits per heavy atom. The zero-order chi connectivity index (χ0) is 37.3. The molecular formula is C34H58N6O8. The summed E-state index contributed by atoms with van der Waals surface area (Å²) in [6.45, 7) is 14.1. The van der Waals surface area contributed by atoms with E-state index in [9.17, 15) is 28.8 Å². The predicted molar refractivity (Wildman–Crippen MR) is 188 cm³/mol. The lowest BCUT2D eigenvalue weighted by Gasteiger charge is -2.24. The smallest absolute Gasteiger partial charge is 0.312 e. The van der Waals surface area contributed by atoms with Crippen molar-refractivity contribution < 1.29 is 38.3 Å². The summed E-state index contributed by atoms with van der Waals surface area (Å²) in [5.41, 5.74) is 6.57. The number of amides is 7. The van der Waals surface area contributed by atoms with Gasteiger partial charge >= 0.3 is 6.03 Å². The van der Waals surface area contributed by atoms with Gasteiger partial charge in [-0.2, -0.15) is 0 Å². The van der Waals surface area contributed by atoms with E-state index in [-0.39, 0.29) is 24.8 Å². The monoisotopic (exact) mass is 678 g/mol. The zero-order valence-electron chi connectivity index (χ0n) is 29.9. The maximum absolute atomic E-state index is 12.8. The van der Waals surface area contributed by atoms with Gasteiger partial charge in [0, 0.05) is 25.9 Å². The van der Waals surface area contributed by atoms with Gasteiger partial charge in [-0.3, -0.25) is 28.9 Å². The minimum atomic E-state index is -0.861. The van der Waals surface area contributed by atoms with Crippen LogP contribution in [-0.2, 0) is 40.1 Å². The average Bonchev–Trinajstić information content (AvgIpc) is 3.05. The number of anilines is 1. The number of imide groups is 1. The molecule has 0 bridgehead atoms. The van der Waals surface area contributed by atoms with E-state index in [1.54, 1.807) is 46.1 Å². The molecule has 2 unspecified atom stereocenters. The molecule has 48 heavy (non-hydrogen) atoms. The molecular weight excluding hydrogens is 620 g/mol. The number of methoxy groups -OCH3 is 1. The molecule has 1 rings (SSSR count). The molecule has 0 heterocycles. The van der Waals surface area contributed by atoms with Crippen LogP contribution >= 0.6 is 0 Å². The summed E-state index contributed by atoms with van der Waals surface area (Å²) in [4.78, 5) is 78.7. The van der Waals surface area contributed by atoms with Crippen molar-refractivity contribution in [2.45, 2.75) is 99.3 Å². The van der Waals surface area contributed by atoms with Crippen LogP contribution < -0.4 is 27.0 Å². The molecule has 7 amide bonds. The fourth-order valence-corrected chi connectivity index (χ4v) is 3.76. The first-order chi connectivity index (χ1) is 22.9. The van der Waals surface area contributed by atoms with Gasteiger partial charge in [-0.15, -0.1) is 0 Å². The van der Waals surface area contributed by atoms with E-state index in [0.717, 1.165) is 31.1 Å². The molecule has 14 heteroatoms. The number of hydrogen-bond donors (Lipinski definition) is 5. The largest absolute Gasteiger partial charge is 0.380 e. The molecule has 1 aromatic carbocycles. The Kier molecular flexibility index (Phi) is 32.2. The summed E-state index contributed by atoms with van der Waals surface area (Å²) in [6.07, 6.45) is 8.55. The number of allylic oxidation sites excluding steroid dienone is 1. The Morgan fingerprint density at radius 3 is 2.02 bits per heavy atom. The maximum atomic E-state index is 12.8. The highest BCUT2D eigenvalue weighted by Gasteiger charge is 2.27. The molecule has 0 fully saturated rings. The molecule has 1 aromatic rings. The number of rotatable bonds is 19. The third-order valence-corrected chi connectivity index (χ3v) is 6.05. The first-order valence-corrected chi connectivity index (χ1v) is 16.2. The summed E-state index contributed by atoms with van der Waals surface area (Å²) in [5.74, 6) is -1.26. The average molecular weight is 679 g/mol. The van der Waals surface area contributed by atoms with Crippen molar-refractivity contribution >= 4 is 48.5 Å². The standard InChI is InChI=1S/C20H31N5O5.C10H17NO2.C2H4O.C2H6/c1-13(2)17(23-12-26)19(28)25-16(5-4-10-22-20(21)29)18(27)24-15-8-6-14(7-9-15)11-30-3;1-3-5-6-8-11(9-12)10(13)7-4-2;1-2-3;1-2/h6-9,12-13,16-17H,4-5,10-11H2,1-3H3,(H,23,26)(H,24,27)(H,25,28)(H3,21,22,29);4,7,9H,3,5-6,8H2,1-2H3;2H,1H3;1-2H3/b;7-4-;;. The van der Waals surface area contributed by atoms with Crippen LogP contribution in [0.2, 0.25) is 0 Å². The topological polar surface area (TPSA) is 206 Å². The van der Waals surface area contributed by atoms with Crippen LogP contribution in [-0.4, -0.2) is 80.0 Å². The quantitative estimate of drug-likeness (QED) is 0.0830. The van der Waals surface area contributed by atoms with E-state index in [1.807, 2.05) is 26.0 Å². The number of carbonyl (C=O) groups excluding carboxylic acids is 7. The number of nitrogens with zero attached hydrogens (tertiary/aromatic N) is 1. The number of carbonyl (C=O) groups is 7. The van der Waals surface area contributed by atoms with Gasteiger partial charge in [0.05, 0.1) is 6.61 Å². The molecule has 0 spiro atoms. The van der Waals surface area contributed by atoms with Crippen molar-refractivity contribution in [1.82, 2.24) is 20.9 Å². The van der Waals surface area contributed by atoms with Crippen molar-refractivity contribution in [3.63, 3.8) is 0 Å². The van der Waals surface area contributed by atoms with E-state index in [0.29, 0.717) is 38.1 Å². The Hall–Kier alpha value is -4.59. The summed E-state index contributed by atoms with van der Waals surface area (Å²) in [6, 6.07) is 4.84. The SMILES string of the molecule is C/C=C\C(=O)N(C=O)CCCCC.CC.CC=O.COCc1ccc(NC(=O)C(CCCNC(N)=O)NC(=O)C(NC=O)C(C)C)cc1. The molecule has 0 aromatic heterocycles. The fraction of sp³-hybridized carbons (Fsp3) is 0.559. The Morgan fingerprint density at radius 2 is 1.56 bits per heavy atom. The van der Waals surface area contributed by atoms with Crippen LogP contribution in [0.15, 0.2) is 36.4 Å². The first-order valence-electron chi connectivity index (χ1n) is 16.2. The van der Waals surface area contributed by atoms with E-state index < -0.39 is 29.9 Å². The number of urea groups is 1. The normalized spacial score (nSPS) is 11.0. The minimum Gasteiger partial charge on any atom is -0.380 e. The van der Waals surface area contributed by atoms with Gasteiger partial charge in [0.15, 0.2) is 0 Å². The van der Waals surface area contributed by atoms with Crippen molar-refractivity contribution in [3.05, 3.63) is 42.0 Å². The highest BCUT2D eigenvalue weighted by molar-refractivity contribution is 5.98. The summed E-state index contributed by atoms with van der Waals surface area (Å²) in [5, 5.41) is 10.4.